The number of ether oxygens (including phenoxy) is 2. The van der Waals surface area contributed by atoms with E-state index in [1.54, 1.807) is 14.2 Å². The van der Waals surface area contributed by atoms with Crippen LogP contribution in [0.25, 0.3) is 0 Å². The summed E-state index contributed by atoms with van der Waals surface area (Å²) >= 11 is 0. The maximum Gasteiger partial charge on any atom is 0.221 e. The molecule has 0 heterocycles. The number of amides is 1. The molecule has 0 aliphatic heterocycles. The first-order valence-electron chi connectivity index (χ1n) is 7.32. The summed E-state index contributed by atoms with van der Waals surface area (Å²) in [5.41, 5.74) is 1.00. The number of allylic oxidation sites excluding steroid dienone is 2. The van der Waals surface area contributed by atoms with Crippen molar-refractivity contribution in [3.8, 4) is 11.5 Å². The Bertz CT molecular complexity index is 525. The van der Waals surface area contributed by atoms with Crippen LogP contribution < -0.4 is 14.8 Å². The van der Waals surface area contributed by atoms with Gasteiger partial charge >= 0.3 is 0 Å². The van der Waals surface area contributed by atoms with E-state index >= 15 is 0 Å². The Morgan fingerprint density at radius 3 is 2.71 bits per heavy atom. The molecule has 1 aliphatic rings. The molecule has 0 radical (unpaired) electrons. The van der Waals surface area contributed by atoms with Crippen molar-refractivity contribution >= 4 is 5.91 Å². The average molecular weight is 289 g/mol. The number of carbonyl (C=O) groups excluding carboxylic acids is 1. The maximum absolute atomic E-state index is 12.1. The summed E-state index contributed by atoms with van der Waals surface area (Å²) in [5, 5.41) is 3.04. The summed E-state index contributed by atoms with van der Waals surface area (Å²) in [6.07, 6.45) is 7.02. The van der Waals surface area contributed by atoms with Crippen molar-refractivity contribution in [2.45, 2.75) is 32.2 Å². The van der Waals surface area contributed by atoms with Crippen molar-refractivity contribution in [2.75, 3.05) is 14.2 Å². The zero-order valence-corrected chi connectivity index (χ0v) is 12.9. The second kappa shape index (κ2) is 7.16. The molecule has 0 bridgehead atoms. The van der Waals surface area contributed by atoms with Gasteiger partial charge in [-0.3, -0.25) is 4.79 Å². The van der Waals surface area contributed by atoms with E-state index in [2.05, 4.69) is 17.5 Å². The van der Waals surface area contributed by atoms with Gasteiger partial charge in [0.05, 0.1) is 20.3 Å². The first kappa shape index (κ1) is 15.4. The summed E-state index contributed by atoms with van der Waals surface area (Å²) in [6, 6.07) is 5.65. The van der Waals surface area contributed by atoms with Crippen LogP contribution in [0.2, 0.25) is 0 Å². The van der Waals surface area contributed by atoms with Crippen LogP contribution in [0.1, 0.15) is 37.8 Å². The number of rotatable bonds is 6. The van der Waals surface area contributed by atoms with Crippen molar-refractivity contribution in [1.82, 2.24) is 5.32 Å². The number of nitrogens with one attached hydrogen (secondary N) is 1. The number of hydrogen-bond acceptors (Lipinski definition) is 3. The predicted molar refractivity (Wildman–Crippen MR) is 82.6 cm³/mol. The van der Waals surface area contributed by atoms with Gasteiger partial charge in [-0.25, -0.2) is 0 Å². The van der Waals surface area contributed by atoms with Gasteiger partial charge in [0, 0.05) is 6.42 Å². The van der Waals surface area contributed by atoms with Gasteiger partial charge in [0.1, 0.15) is 0 Å². The predicted octanol–water partition coefficient (Wildman–Crippen LogP) is 3.24. The molecule has 4 heteroatoms. The minimum absolute atomic E-state index is 0.0531. The number of carbonyl (C=O) groups is 1. The van der Waals surface area contributed by atoms with E-state index in [4.69, 9.17) is 9.47 Å². The fraction of sp³-hybridized carbons (Fsp3) is 0.471. The molecule has 1 aromatic rings. The molecule has 2 unspecified atom stereocenters. The highest BCUT2D eigenvalue weighted by molar-refractivity contribution is 5.77. The lowest BCUT2D eigenvalue weighted by Crippen LogP contribution is -2.27. The van der Waals surface area contributed by atoms with Crippen LogP contribution in [0, 0.1) is 5.92 Å². The molecule has 0 fully saturated rings. The van der Waals surface area contributed by atoms with Crippen molar-refractivity contribution in [1.29, 1.82) is 0 Å². The smallest absolute Gasteiger partial charge is 0.221 e. The van der Waals surface area contributed by atoms with E-state index in [1.165, 1.54) is 0 Å². The van der Waals surface area contributed by atoms with Gasteiger partial charge in [0.15, 0.2) is 11.5 Å². The monoisotopic (exact) mass is 289 g/mol. The zero-order chi connectivity index (χ0) is 15.2. The van der Waals surface area contributed by atoms with Crippen molar-refractivity contribution in [2.24, 2.45) is 5.92 Å². The van der Waals surface area contributed by atoms with E-state index in [9.17, 15) is 4.79 Å². The lowest BCUT2D eigenvalue weighted by molar-refractivity contribution is -0.122. The topological polar surface area (TPSA) is 47.6 Å². The molecule has 1 N–H and O–H groups in total. The first-order chi connectivity index (χ1) is 10.1. The van der Waals surface area contributed by atoms with E-state index in [-0.39, 0.29) is 11.9 Å². The summed E-state index contributed by atoms with van der Waals surface area (Å²) < 4.78 is 10.5. The SMILES string of the molecule is COc1ccc(C(C)NC(=O)CC2C=CCC2)cc1OC. The van der Waals surface area contributed by atoms with Crippen LogP contribution in [0.3, 0.4) is 0 Å². The third-order valence-electron chi connectivity index (χ3n) is 3.85. The van der Waals surface area contributed by atoms with Gasteiger partial charge in [-0.15, -0.1) is 0 Å². The van der Waals surface area contributed by atoms with Crippen molar-refractivity contribution in [3.63, 3.8) is 0 Å². The van der Waals surface area contributed by atoms with Crippen LogP contribution in [0.5, 0.6) is 11.5 Å². The highest BCUT2D eigenvalue weighted by atomic mass is 16.5. The van der Waals surface area contributed by atoms with Gasteiger partial charge in [-0.1, -0.05) is 18.2 Å². The van der Waals surface area contributed by atoms with Gasteiger partial charge in [-0.2, -0.15) is 0 Å². The van der Waals surface area contributed by atoms with E-state index < -0.39 is 0 Å². The molecule has 4 nitrogen and oxygen atoms in total. The van der Waals surface area contributed by atoms with Gasteiger partial charge < -0.3 is 14.8 Å². The molecule has 1 aliphatic carbocycles. The molecular formula is C17H23NO3. The molecule has 114 valence electrons. The van der Waals surface area contributed by atoms with E-state index in [0.717, 1.165) is 18.4 Å². The Hall–Kier alpha value is -1.97. The summed E-state index contributed by atoms with van der Waals surface area (Å²) in [6.45, 7) is 1.98. The lowest BCUT2D eigenvalue weighted by Gasteiger charge is -2.17. The van der Waals surface area contributed by atoms with Gasteiger partial charge in [0.2, 0.25) is 5.91 Å². The number of benzene rings is 1. The minimum atomic E-state index is -0.0531. The molecule has 0 saturated carbocycles. The Balaban J connectivity index is 1.97. The third kappa shape index (κ3) is 4.00. The lowest BCUT2D eigenvalue weighted by atomic mass is 10.0. The van der Waals surface area contributed by atoms with Gasteiger partial charge in [-0.05, 0) is 43.4 Å². The molecule has 2 rings (SSSR count). The highest BCUT2D eigenvalue weighted by Crippen LogP contribution is 2.30. The second-order valence-corrected chi connectivity index (χ2v) is 5.37. The van der Waals surface area contributed by atoms with E-state index in [0.29, 0.717) is 23.8 Å². The quantitative estimate of drug-likeness (QED) is 0.818. The molecule has 1 aromatic carbocycles. The highest BCUT2D eigenvalue weighted by Gasteiger charge is 2.17. The number of hydrogen-bond donors (Lipinski definition) is 1. The summed E-state index contributed by atoms with van der Waals surface area (Å²) in [5.74, 6) is 1.85. The molecule has 1 amide bonds. The Kier molecular flexibility index (Phi) is 5.26. The van der Waals surface area contributed by atoms with Crippen LogP contribution in [-0.4, -0.2) is 20.1 Å². The molecular weight excluding hydrogens is 266 g/mol. The molecule has 0 spiro atoms. The Morgan fingerprint density at radius 1 is 1.33 bits per heavy atom. The molecule has 2 atom stereocenters. The Morgan fingerprint density at radius 2 is 2.10 bits per heavy atom. The fourth-order valence-electron chi connectivity index (χ4n) is 2.61. The summed E-state index contributed by atoms with van der Waals surface area (Å²) in [4.78, 5) is 12.1. The normalized spacial score (nSPS) is 18.3. The second-order valence-electron chi connectivity index (χ2n) is 5.37. The maximum atomic E-state index is 12.1. The third-order valence-corrected chi connectivity index (χ3v) is 3.85. The molecule has 0 saturated heterocycles. The van der Waals surface area contributed by atoms with Crippen LogP contribution >= 0.6 is 0 Å². The van der Waals surface area contributed by atoms with Crippen LogP contribution in [0.15, 0.2) is 30.4 Å². The van der Waals surface area contributed by atoms with Crippen LogP contribution in [0.4, 0.5) is 0 Å². The van der Waals surface area contributed by atoms with Crippen LogP contribution in [-0.2, 0) is 4.79 Å². The number of methoxy groups -OCH3 is 2. The summed E-state index contributed by atoms with van der Waals surface area (Å²) in [7, 11) is 3.22. The van der Waals surface area contributed by atoms with Gasteiger partial charge in [0.25, 0.3) is 0 Å². The van der Waals surface area contributed by atoms with E-state index in [1.807, 2.05) is 25.1 Å². The average Bonchev–Trinajstić information content (AvgIpc) is 2.99. The Labute approximate surface area is 126 Å². The van der Waals surface area contributed by atoms with Crippen molar-refractivity contribution < 1.29 is 14.3 Å². The fourth-order valence-corrected chi connectivity index (χ4v) is 2.61. The minimum Gasteiger partial charge on any atom is -0.493 e. The molecule has 0 aromatic heterocycles. The first-order valence-corrected chi connectivity index (χ1v) is 7.32. The standard InChI is InChI=1S/C17H23NO3/c1-12(18-17(19)10-13-6-4-5-7-13)14-8-9-15(20-2)16(11-14)21-3/h4,6,8-9,11-13H,5,7,10H2,1-3H3,(H,18,19). The zero-order valence-electron chi connectivity index (χ0n) is 12.9. The van der Waals surface area contributed by atoms with Crippen molar-refractivity contribution in [3.05, 3.63) is 35.9 Å². The largest absolute Gasteiger partial charge is 0.493 e. The molecule has 21 heavy (non-hydrogen) atoms.